The summed E-state index contributed by atoms with van der Waals surface area (Å²) < 4.78 is 28.8. The normalized spacial score (nSPS) is 23.4. The third-order valence-electron chi connectivity index (χ3n) is 5.53. The standard InChI is InChI=1S/C19H22F2N6O/c20-19(21)4-7-26(8-5-19)16-10-15(24-13-1-2-13)17-23-11-14(27(17)25-16)9-12-3-6-22-18(12)28/h9-11,13,24H,1-8H2,(H,22,28). The molecule has 1 aliphatic carbocycles. The predicted octanol–water partition coefficient (Wildman–Crippen LogP) is 2.44. The molecule has 5 rings (SSSR count). The summed E-state index contributed by atoms with van der Waals surface area (Å²) in [5.74, 6) is -2.02. The molecule has 0 radical (unpaired) electrons. The first-order valence-electron chi connectivity index (χ1n) is 9.75. The lowest BCUT2D eigenvalue weighted by Crippen LogP contribution is -2.40. The third kappa shape index (κ3) is 3.29. The molecule has 28 heavy (non-hydrogen) atoms. The molecule has 3 fully saturated rings. The molecule has 0 spiro atoms. The molecule has 1 saturated carbocycles. The van der Waals surface area contributed by atoms with Gasteiger partial charge in [-0.15, -0.1) is 5.10 Å². The Kier molecular flexibility index (Phi) is 3.99. The summed E-state index contributed by atoms with van der Waals surface area (Å²) in [7, 11) is 0. The van der Waals surface area contributed by atoms with E-state index in [-0.39, 0.29) is 31.8 Å². The molecule has 148 valence electrons. The van der Waals surface area contributed by atoms with Crippen LogP contribution in [0.2, 0.25) is 0 Å². The van der Waals surface area contributed by atoms with E-state index in [2.05, 4.69) is 20.7 Å². The maximum absolute atomic E-state index is 13.6. The number of hydrogen-bond acceptors (Lipinski definition) is 5. The Bertz CT molecular complexity index is 955. The van der Waals surface area contributed by atoms with Crippen molar-refractivity contribution in [1.82, 2.24) is 19.9 Å². The van der Waals surface area contributed by atoms with Crippen molar-refractivity contribution in [3.63, 3.8) is 0 Å². The van der Waals surface area contributed by atoms with Gasteiger partial charge in [-0.1, -0.05) is 0 Å². The Morgan fingerprint density at radius 3 is 2.75 bits per heavy atom. The van der Waals surface area contributed by atoms with Crippen LogP contribution in [0.4, 0.5) is 20.3 Å². The predicted molar refractivity (Wildman–Crippen MR) is 102 cm³/mol. The second kappa shape index (κ2) is 6.42. The van der Waals surface area contributed by atoms with Crippen LogP contribution < -0.4 is 15.5 Å². The summed E-state index contributed by atoms with van der Waals surface area (Å²) in [5, 5.41) is 11.0. The zero-order valence-electron chi connectivity index (χ0n) is 15.4. The Labute approximate surface area is 160 Å². The lowest BCUT2D eigenvalue weighted by Gasteiger charge is -2.32. The van der Waals surface area contributed by atoms with Gasteiger partial charge in [0.25, 0.3) is 5.92 Å². The van der Waals surface area contributed by atoms with Gasteiger partial charge in [-0.25, -0.2) is 18.3 Å². The van der Waals surface area contributed by atoms with Crippen LogP contribution >= 0.6 is 0 Å². The van der Waals surface area contributed by atoms with Gasteiger partial charge < -0.3 is 15.5 Å². The molecule has 2 aromatic rings. The number of imidazole rings is 1. The van der Waals surface area contributed by atoms with E-state index in [0.717, 1.165) is 18.5 Å². The van der Waals surface area contributed by atoms with Crippen molar-refractivity contribution in [2.75, 3.05) is 29.9 Å². The van der Waals surface area contributed by atoms with Crippen molar-refractivity contribution in [2.45, 2.75) is 44.1 Å². The number of hydrogen-bond donors (Lipinski definition) is 2. The maximum Gasteiger partial charge on any atom is 0.251 e. The zero-order valence-corrected chi connectivity index (χ0v) is 15.4. The average Bonchev–Trinajstić information content (AvgIpc) is 3.25. The number of carbonyl (C=O) groups excluding carboxylic acids is 1. The van der Waals surface area contributed by atoms with Gasteiger partial charge in [0, 0.05) is 50.2 Å². The number of amides is 1. The largest absolute Gasteiger partial charge is 0.379 e. The van der Waals surface area contributed by atoms with Crippen LogP contribution in [0.3, 0.4) is 0 Å². The highest BCUT2D eigenvalue weighted by molar-refractivity contribution is 5.99. The molecule has 2 aromatic heterocycles. The minimum absolute atomic E-state index is 0.0688. The summed E-state index contributed by atoms with van der Waals surface area (Å²) in [5.41, 5.74) is 2.95. The van der Waals surface area contributed by atoms with Gasteiger partial charge in [-0.2, -0.15) is 0 Å². The van der Waals surface area contributed by atoms with E-state index in [4.69, 9.17) is 0 Å². The Morgan fingerprint density at radius 2 is 2.07 bits per heavy atom. The van der Waals surface area contributed by atoms with Crippen LogP contribution in [0.1, 0.15) is 37.8 Å². The van der Waals surface area contributed by atoms with Crippen molar-refractivity contribution in [2.24, 2.45) is 0 Å². The summed E-state index contributed by atoms with van der Waals surface area (Å²) in [4.78, 5) is 18.3. The van der Waals surface area contributed by atoms with Crippen molar-refractivity contribution in [3.8, 4) is 0 Å². The summed E-state index contributed by atoms with van der Waals surface area (Å²) in [6.07, 6.45) is 6.06. The number of fused-ring (bicyclic) bond motifs is 1. The second-order valence-corrected chi connectivity index (χ2v) is 7.77. The molecule has 2 saturated heterocycles. The van der Waals surface area contributed by atoms with Crippen molar-refractivity contribution < 1.29 is 13.6 Å². The van der Waals surface area contributed by atoms with E-state index in [9.17, 15) is 13.6 Å². The third-order valence-corrected chi connectivity index (χ3v) is 5.53. The number of rotatable bonds is 4. The van der Waals surface area contributed by atoms with Gasteiger partial charge in [0.05, 0.1) is 17.6 Å². The highest BCUT2D eigenvalue weighted by Gasteiger charge is 2.35. The first kappa shape index (κ1) is 17.4. The van der Waals surface area contributed by atoms with Gasteiger partial charge >= 0.3 is 0 Å². The Balaban J connectivity index is 1.55. The lowest BCUT2D eigenvalue weighted by atomic mass is 10.1. The van der Waals surface area contributed by atoms with Crippen molar-refractivity contribution in [1.29, 1.82) is 0 Å². The quantitative estimate of drug-likeness (QED) is 0.787. The maximum atomic E-state index is 13.6. The minimum Gasteiger partial charge on any atom is -0.379 e. The monoisotopic (exact) mass is 388 g/mol. The van der Waals surface area contributed by atoms with E-state index < -0.39 is 5.92 Å². The van der Waals surface area contributed by atoms with Gasteiger partial charge in [-0.3, -0.25) is 4.79 Å². The number of anilines is 2. The van der Waals surface area contributed by atoms with Gasteiger partial charge in [0.1, 0.15) is 0 Å². The number of carbonyl (C=O) groups is 1. The second-order valence-electron chi connectivity index (χ2n) is 7.77. The van der Waals surface area contributed by atoms with Crippen LogP contribution in [0.5, 0.6) is 0 Å². The number of nitrogens with one attached hydrogen (secondary N) is 2. The van der Waals surface area contributed by atoms with E-state index in [1.807, 2.05) is 17.0 Å². The number of aromatic nitrogens is 3. The fraction of sp³-hybridized carbons (Fsp3) is 0.526. The van der Waals surface area contributed by atoms with E-state index in [0.29, 0.717) is 41.7 Å². The molecule has 9 heteroatoms. The Hall–Kier alpha value is -2.71. The first-order chi connectivity index (χ1) is 13.5. The minimum atomic E-state index is -2.60. The highest BCUT2D eigenvalue weighted by atomic mass is 19.3. The number of alkyl halides is 2. The molecular formula is C19H22F2N6O. The van der Waals surface area contributed by atoms with Gasteiger partial charge in [0.15, 0.2) is 11.5 Å². The molecule has 0 unspecified atom stereocenters. The molecule has 1 amide bonds. The van der Waals surface area contributed by atoms with Crippen molar-refractivity contribution in [3.05, 3.63) is 23.5 Å². The van der Waals surface area contributed by atoms with Gasteiger partial charge in [0.2, 0.25) is 5.91 Å². The average molecular weight is 388 g/mol. The van der Waals surface area contributed by atoms with Crippen LogP contribution in [-0.4, -0.2) is 52.1 Å². The van der Waals surface area contributed by atoms with Crippen LogP contribution in [-0.2, 0) is 4.79 Å². The van der Waals surface area contributed by atoms with Crippen LogP contribution in [0.15, 0.2) is 17.8 Å². The molecule has 2 aliphatic heterocycles. The van der Waals surface area contributed by atoms with E-state index in [1.54, 1.807) is 10.7 Å². The summed E-state index contributed by atoms with van der Waals surface area (Å²) >= 11 is 0. The highest BCUT2D eigenvalue weighted by Crippen LogP contribution is 2.33. The molecule has 0 aromatic carbocycles. The molecule has 3 aliphatic rings. The lowest BCUT2D eigenvalue weighted by molar-refractivity contribution is -0.116. The number of nitrogens with zero attached hydrogens (tertiary/aromatic N) is 4. The molecule has 4 heterocycles. The topological polar surface area (TPSA) is 74.6 Å². The van der Waals surface area contributed by atoms with Crippen LogP contribution in [0, 0.1) is 0 Å². The number of halogens is 2. The smallest absolute Gasteiger partial charge is 0.251 e. The summed E-state index contributed by atoms with van der Waals surface area (Å²) in [6.45, 7) is 1.17. The van der Waals surface area contributed by atoms with Crippen molar-refractivity contribution >= 4 is 29.1 Å². The fourth-order valence-electron chi connectivity index (χ4n) is 3.70. The zero-order chi connectivity index (χ0) is 19.3. The van der Waals surface area contributed by atoms with E-state index >= 15 is 0 Å². The fourth-order valence-corrected chi connectivity index (χ4v) is 3.70. The number of piperidine rings is 1. The molecule has 2 N–H and O–H groups in total. The Morgan fingerprint density at radius 1 is 1.29 bits per heavy atom. The molecule has 7 nitrogen and oxygen atoms in total. The van der Waals surface area contributed by atoms with Crippen LogP contribution in [0.25, 0.3) is 11.7 Å². The molecule has 0 bridgehead atoms. The van der Waals surface area contributed by atoms with Gasteiger partial charge in [-0.05, 0) is 25.3 Å². The SMILES string of the molecule is O=C1NCCC1=Cc1cnc2c(NC3CC3)cc(N3CCC(F)(F)CC3)nn12. The molecule has 0 atom stereocenters. The van der Waals surface area contributed by atoms with E-state index in [1.165, 1.54) is 0 Å². The molecular weight excluding hydrogens is 366 g/mol. The summed E-state index contributed by atoms with van der Waals surface area (Å²) in [6, 6.07) is 2.33. The first-order valence-corrected chi connectivity index (χ1v) is 9.75.